The van der Waals surface area contributed by atoms with Crippen molar-refractivity contribution in [3.8, 4) is 0 Å². The minimum atomic E-state index is -0.814. The van der Waals surface area contributed by atoms with Crippen molar-refractivity contribution in [2.45, 2.75) is 67.5 Å². The molecular formula is C17H28N2O3S. The summed E-state index contributed by atoms with van der Waals surface area (Å²) in [5, 5.41) is 3.81. The van der Waals surface area contributed by atoms with Crippen molar-refractivity contribution in [3.63, 3.8) is 0 Å². The second kappa shape index (κ2) is 6.99. The van der Waals surface area contributed by atoms with Gasteiger partial charge in [-0.1, -0.05) is 25.2 Å². The lowest BCUT2D eigenvalue weighted by atomic mass is 9.91. The molecule has 6 heteroatoms. The van der Waals surface area contributed by atoms with E-state index >= 15 is 0 Å². The summed E-state index contributed by atoms with van der Waals surface area (Å²) in [6.07, 6.45) is 0. The molecule has 0 aliphatic carbocycles. The van der Waals surface area contributed by atoms with E-state index in [0.717, 1.165) is 10.6 Å². The molecule has 0 bridgehead atoms. The highest BCUT2D eigenvalue weighted by molar-refractivity contribution is 7.15. The predicted octanol–water partition coefficient (Wildman–Crippen LogP) is 3.96. The summed E-state index contributed by atoms with van der Waals surface area (Å²) in [5.74, 6) is -0.350. The number of aromatic nitrogens is 1. The van der Waals surface area contributed by atoms with Crippen LogP contribution in [0.2, 0.25) is 0 Å². The van der Waals surface area contributed by atoms with Crippen molar-refractivity contribution in [2.75, 3.05) is 5.32 Å². The quantitative estimate of drug-likeness (QED) is 0.793. The monoisotopic (exact) mass is 341 g/mol. The summed E-state index contributed by atoms with van der Waals surface area (Å²) in [7, 11) is 0. The normalized spacial score (nSPS) is 13.0. The number of hydrogen-bond acceptors (Lipinski definition) is 6. The van der Waals surface area contributed by atoms with Crippen LogP contribution in [0.4, 0.5) is 5.13 Å². The molecule has 1 rings (SSSR count). The number of carbonyl (C=O) groups excluding carboxylic acids is 2. The lowest BCUT2D eigenvalue weighted by molar-refractivity contribution is -0.154. The Morgan fingerprint density at radius 1 is 1.35 bits per heavy atom. The van der Waals surface area contributed by atoms with Crippen LogP contribution in [-0.4, -0.2) is 22.3 Å². The largest absolute Gasteiger partial charge is 0.459 e. The van der Waals surface area contributed by atoms with E-state index in [1.165, 1.54) is 11.3 Å². The second-order valence-corrected chi connectivity index (χ2v) is 8.34. The van der Waals surface area contributed by atoms with Crippen LogP contribution in [-0.2, 0) is 20.9 Å². The number of thiazole rings is 1. The highest BCUT2D eigenvalue weighted by Crippen LogP contribution is 2.28. The van der Waals surface area contributed by atoms with Gasteiger partial charge in [0.1, 0.15) is 6.61 Å². The number of Topliss-reactive ketones (excluding diaryl/α,β-unsaturated/α-hetero) is 1. The van der Waals surface area contributed by atoms with E-state index in [9.17, 15) is 9.59 Å². The molecule has 0 aliphatic heterocycles. The molecule has 5 nitrogen and oxygen atoms in total. The first-order valence-corrected chi connectivity index (χ1v) is 8.47. The topological polar surface area (TPSA) is 68.3 Å². The van der Waals surface area contributed by atoms with E-state index in [-0.39, 0.29) is 25.2 Å². The summed E-state index contributed by atoms with van der Waals surface area (Å²) < 4.78 is 12.7. The third-order valence-electron chi connectivity index (χ3n) is 3.34. The van der Waals surface area contributed by atoms with Crippen LogP contribution in [0.15, 0.2) is 0 Å². The first-order valence-electron chi connectivity index (χ1n) is 8.36. The molecule has 0 aromatic carbocycles. The Morgan fingerprint density at radius 3 is 2.48 bits per heavy atom. The van der Waals surface area contributed by atoms with E-state index in [1.54, 1.807) is 13.8 Å². The summed E-state index contributed by atoms with van der Waals surface area (Å²) in [4.78, 5) is 29.5. The van der Waals surface area contributed by atoms with E-state index in [4.69, 9.17) is 6.11 Å². The lowest BCUT2D eigenvalue weighted by Crippen LogP contribution is -2.42. The van der Waals surface area contributed by atoms with Gasteiger partial charge in [0.15, 0.2) is 10.9 Å². The van der Waals surface area contributed by atoms with Gasteiger partial charge < -0.3 is 10.1 Å². The number of nitrogens with one attached hydrogen (secondary N) is 1. The van der Waals surface area contributed by atoms with Crippen LogP contribution in [0.25, 0.3) is 0 Å². The molecule has 130 valence electrons. The molecule has 1 heterocycles. The number of carbonyl (C=O) groups is 2. The fraction of sp³-hybridized carbons (Fsp3) is 0.706. The molecule has 0 radical (unpaired) electrons. The Hall–Kier alpha value is -1.43. The zero-order chi connectivity index (χ0) is 18.7. The van der Waals surface area contributed by atoms with Crippen molar-refractivity contribution >= 4 is 28.2 Å². The zero-order valence-corrected chi connectivity index (χ0v) is 15.9. The molecule has 1 aromatic rings. The van der Waals surface area contributed by atoms with Gasteiger partial charge in [-0.2, -0.15) is 0 Å². The Balaban J connectivity index is 2.79. The zero-order valence-electron chi connectivity index (χ0n) is 16.1. The van der Waals surface area contributed by atoms with Crippen molar-refractivity contribution in [2.24, 2.45) is 11.3 Å². The Bertz CT molecular complexity index is 609. The van der Waals surface area contributed by atoms with Crippen molar-refractivity contribution in [1.29, 1.82) is 0 Å². The molecule has 0 aliphatic rings. The number of ketones is 1. The fourth-order valence-electron chi connectivity index (χ4n) is 1.99. The van der Waals surface area contributed by atoms with Crippen LogP contribution >= 0.6 is 11.3 Å². The van der Waals surface area contributed by atoms with E-state index in [1.807, 2.05) is 34.6 Å². The molecule has 0 atom stereocenters. The van der Waals surface area contributed by atoms with Gasteiger partial charge in [-0.15, -0.1) is 0 Å². The molecule has 23 heavy (non-hydrogen) atoms. The summed E-state index contributed by atoms with van der Waals surface area (Å²) in [6.45, 7) is 12.8. The third-order valence-corrected chi connectivity index (χ3v) is 4.39. The average Bonchev–Trinajstić information content (AvgIpc) is 2.82. The maximum atomic E-state index is 12.2. The van der Waals surface area contributed by atoms with Gasteiger partial charge in [-0.25, -0.2) is 4.98 Å². The first kappa shape index (κ1) is 17.9. The van der Waals surface area contributed by atoms with Gasteiger partial charge >= 0.3 is 5.97 Å². The van der Waals surface area contributed by atoms with Crippen LogP contribution in [0, 0.1) is 18.3 Å². The molecule has 0 unspecified atom stereocenters. The number of aryl methyl sites for hydroxylation is 1. The number of esters is 1. The maximum absolute atomic E-state index is 12.2. The van der Waals surface area contributed by atoms with E-state index in [2.05, 4.69) is 10.3 Å². The van der Waals surface area contributed by atoms with Gasteiger partial charge in [-0.05, 0) is 41.5 Å². The van der Waals surface area contributed by atoms with Crippen molar-refractivity contribution in [1.82, 2.24) is 4.98 Å². The SMILES string of the molecule is [2H]CC(C)(C)C(=O)OCc1sc(NC(C)(C)C(=O)C(C)C)nc1C. The molecule has 1 aromatic heterocycles. The number of anilines is 1. The Morgan fingerprint density at radius 2 is 1.96 bits per heavy atom. The summed E-state index contributed by atoms with van der Waals surface area (Å²) in [6, 6.07) is 0. The molecule has 1 N–H and O–H groups in total. The summed E-state index contributed by atoms with van der Waals surface area (Å²) in [5.41, 5.74) is -0.753. The van der Waals surface area contributed by atoms with Gasteiger partial charge in [0, 0.05) is 7.29 Å². The van der Waals surface area contributed by atoms with Crippen molar-refractivity contribution in [3.05, 3.63) is 10.6 Å². The molecule has 0 saturated heterocycles. The highest BCUT2D eigenvalue weighted by Gasteiger charge is 2.30. The first-order chi connectivity index (χ1) is 10.9. The minimum absolute atomic E-state index is 0.0220. The standard InChI is InChI=1S/C17H28N2O3S/c1-10(2)13(20)17(7,8)19-15-18-11(3)12(23-15)9-22-14(21)16(4,5)6/h10H,9H2,1-8H3,(H,18,19)/i4D. The van der Waals surface area contributed by atoms with Crippen LogP contribution in [0.1, 0.15) is 60.4 Å². The molecule has 0 saturated carbocycles. The minimum Gasteiger partial charge on any atom is -0.459 e. The molecule has 0 fully saturated rings. The fourth-order valence-corrected chi connectivity index (χ4v) is 3.03. The number of rotatable bonds is 6. The van der Waals surface area contributed by atoms with Gasteiger partial charge in [0.2, 0.25) is 0 Å². The third kappa shape index (κ3) is 5.30. The van der Waals surface area contributed by atoms with Crippen molar-refractivity contribution < 1.29 is 15.7 Å². The molecular weight excluding hydrogens is 312 g/mol. The predicted molar refractivity (Wildman–Crippen MR) is 93.6 cm³/mol. The highest BCUT2D eigenvalue weighted by atomic mass is 32.1. The van der Waals surface area contributed by atoms with E-state index < -0.39 is 16.9 Å². The number of ether oxygens (including phenoxy) is 1. The smallest absolute Gasteiger partial charge is 0.311 e. The summed E-state index contributed by atoms with van der Waals surface area (Å²) >= 11 is 1.38. The second-order valence-electron chi connectivity index (χ2n) is 7.26. The molecule has 0 amide bonds. The maximum Gasteiger partial charge on any atom is 0.311 e. The number of nitrogens with zero attached hydrogens (tertiary/aromatic N) is 1. The Labute approximate surface area is 144 Å². The number of hydrogen-bond donors (Lipinski definition) is 1. The van der Waals surface area contributed by atoms with Gasteiger partial charge in [0.25, 0.3) is 0 Å². The van der Waals surface area contributed by atoms with Crippen LogP contribution < -0.4 is 5.32 Å². The van der Waals surface area contributed by atoms with Gasteiger partial charge in [-0.3, -0.25) is 9.59 Å². The van der Waals surface area contributed by atoms with Crippen LogP contribution in [0.3, 0.4) is 0 Å². The molecule has 0 spiro atoms. The lowest BCUT2D eigenvalue weighted by Gasteiger charge is -2.26. The Kier molecular flexibility index (Phi) is 5.45. The van der Waals surface area contributed by atoms with Gasteiger partial charge in [0.05, 0.1) is 21.5 Å². The van der Waals surface area contributed by atoms with Crippen LogP contribution in [0.5, 0.6) is 0 Å². The van der Waals surface area contributed by atoms with E-state index in [0.29, 0.717) is 5.13 Å². The average molecular weight is 341 g/mol.